The molecule has 0 bridgehead atoms. The number of anilines is 1. The summed E-state index contributed by atoms with van der Waals surface area (Å²) in [5, 5.41) is 13.0. The van der Waals surface area contributed by atoms with Crippen molar-refractivity contribution in [2.45, 2.75) is 18.2 Å². The maximum atomic E-state index is 12.9. The Hall–Kier alpha value is -3.46. The number of hydrogen-bond donors (Lipinski definition) is 1. The van der Waals surface area contributed by atoms with Crippen molar-refractivity contribution in [3.8, 4) is 17.6 Å². The van der Waals surface area contributed by atoms with E-state index in [2.05, 4.69) is 18.0 Å². The van der Waals surface area contributed by atoms with Gasteiger partial charge in [0, 0.05) is 12.2 Å². The third-order valence-electron chi connectivity index (χ3n) is 4.42. The molecule has 0 aromatic heterocycles. The second kappa shape index (κ2) is 8.28. The number of amides is 1. The molecule has 138 valence electrons. The molecule has 3 rings (SSSR count). The molecule has 1 fully saturated rings. The average molecular weight is 363 g/mol. The molecule has 1 heterocycles. The van der Waals surface area contributed by atoms with Gasteiger partial charge in [-0.15, -0.1) is 6.58 Å². The van der Waals surface area contributed by atoms with Gasteiger partial charge in [0.15, 0.2) is 6.10 Å². The fourth-order valence-corrected chi connectivity index (χ4v) is 3.11. The second-order valence-corrected chi connectivity index (χ2v) is 6.10. The third-order valence-corrected chi connectivity index (χ3v) is 4.42. The molecule has 3 atom stereocenters. The first-order chi connectivity index (χ1) is 13.2. The van der Waals surface area contributed by atoms with E-state index in [0.29, 0.717) is 5.75 Å². The van der Waals surface area contributed by atoms with E-state index in [9.17, 15) is 10.1 Å². The van der Waals surface area contributed by atoms with Crippen molar-refractivity contribution in [1.29, 1.82) is 5.26 Å². The SMILES string of the molecule is C=CCN1C(=O)[C@H](Oc2ccccc2)[C@@H](Nc2ccc(OC)cc2)[C@H]1C#N. The molecule has 2 aromatic carbocycles. The van der Waals surface area contributed by atoms with Gasteiger partial charge in [-0.1, -0.05) is 24.3 Å². The molecule has 1 amide bonds. The van der Waals surface area contributed by atoms with Crippen LogP contribution in [0.1, 0.15) is 0 Å². The van der Waals surface area contributed by atoms with Crippen LogP contribution in [0.4, 0.5) is 5.69 Å². The van der Waals surface area contributed by atoms with Crippen molar-refractivity contribution in [3.05, 3.63) is 67.3 Å². The lowest BCUT2D eigenvalue weighted by molar-refractivity contribution is -0.133. The molecule has 6 heteroatoms. The predicted molar refractivity (Wildman–Crippen MR) is 103 cm³/mol. The first kappa shape index (κ1) is 18.3. The van der Waals surface area contributed by atoms with Crippen LogP contribution in [-0.4, -0.2) is 42.6 Å². The van der Waals surface area contributed by atoms with Crippen LogP contribution in [0.2, 0.25) is 0 Å². The Balaban J connectivity index is 1.89. The molecule has 1 aliphatic rings. The highest BCUT2D eigenvalue weighted by Gasteiger charge is 2.49. The van der Waals surface area contributed by atoms with Crippen molar-refractivity contribution in [3.63, 3.8) is 0 Å². The number of nitrogens with zero attached hydrogens (tertiary/aromatic N) is 2. The molecule has 0 saturated carbocycles. The standard InChI is InChI=1S/C21H21N3O3/c1-3-13-24-18(14-22)19(23-15-9-11-16(26-2)12-10-15)20(21(24)25)27-17-7-5-4-6-8-17/h3-12,18-20,23H,1,13H2,2H3/t18-,19+,20-/m1/s1. The number of likely N-dealkylation sites (tertiary alicyclic amines) is 1. The number of para-hydroxylation sites is 1. The number of ether oxygens (including phenoxy) is 2. The van der Waals surface area contributed by atoms with E-state index in [-0.39, 0.29) is 12.5 Å². The van der Waals surface area contributed by atoms with Gasteiger partial charge in [-0.05, 0) is 36.4 Å². The van der Waals surface area contributed by atoms with Crippen molar-refractivity contribution in [1.82, 2.24) is 4.90 Å². The molecule has 1 aliphatic heterocycles. The summed E-state index contributed by atoms with van der Waals surface area (Å²) in [6, 6.07) is 17.5. The van der Waals surface area contributed by atoms with Gasteiger partial charge in [-0.3, -0.25) is 4.79 Å². The molecule has 0 unspecified atom stereocenters. The van der Waals surface area contributed by atoms with Crippen LogP contribution in [0.25, 0.3) is 0 Å². The van der Waals surface area contributed by atoms with E-state index in [0.717, 1.165) is 11.4 Å². The molecule has 6 nitrogen and oxygen atoms in total. The topological polar surface area (TPSA) is 74.6 Å². The van der Waals surface area contributed by atoms with Crippen molar-refractivity contribution in [2.24, 2.45) is 0 Å². The van der Waals surface area contributed by atoms with Crippen molar-refractivity contribution in [2.75, 3.05) is 19.0 Å². The van der Waals surface area contributed by atoms with Gasteiger partial charge in [0.1, 0.15) is 23.6 Å². The number of methoxy groups -OCH3 is 1. The third kappa shape index (κ3) is 3.87. The zero-order valence-electron chi connectivity index (χ0n) is 15.0. The lowest BCUT2D eigenvalue weighted by Gasteiger charge is -2.23. The summed E-state index contributed by atoms with van der Waals surface area (Å²) in [5.74, 6) is 1.07. The van der Waals surface area contributed by atoms with E-state index in [1.807, 2.05) is 42.5 Å². The summed E-state index contributed by atoms with van der Waals surface area (Å²) in [6.45, 7) is 3.97. The molecular weight excluding hydrogens is 342 g/mol. The lowest BCUT2D eigenvalue weighted by Crippen LogP contribution is -2.42. The second-order valence-electron chi connectivity index (χ2n) is 6.10. The summed E-state index contributed by atoms with van der Waals surface area (Å²) in [6.07, 6.45) is 0.788. The lowest BCUT2D eigenvalue weighted by atomic mass is 10.1. The number of rotatable bonds is 7. The molecule has 2 aromatic rings. The Labute approximate surface area is 158 Å². The van der Waals surface area contributed by atoms with Crippen LogP contribution < -0.4 is 14.8 Å². The number of benzene rings is 2. The van der Waals surface area contributed by atoms with Crippen LogP contribution in [0.3, 0.4) is 0 Å². The minimum absolute atomic E-state index is 0.240. The summed E-state index contributed by atoms with van der Waals surface area (Å²) in [7, 11) is 1.60. The van der Waals surface area contributed by atoms with Gasteiger partial charge in [0.25, 0.3) is 5.91 Å². The highest BCUT2D eigenvalue weighted by atomic mass is 16.5. The largest absolute Gasteiger partial charge is 0.497 e. The first-order valence-corrected chi connectivity index (χ1v) is 8.61. The summed E-state index contributed by atoms with van der Waals surface area (Å²) in [5.41, 5.74) is 0.774. The predicted octanol–water partition coefficient (Wildman–Crippen LogP) is 2.84. The van der Waals surface area contributed by atoms with Gasteiger partial charge < -0.3 is 19.7 Å². The highest BCUT2D eigenvalue weighted by Crippen LogP contribution is 2.28. The molecule has 0 spiro atoms. The van der Waals surface area contributed by atoms with E-state index in [4.69, 9.17) is 9.47 Å². The Morgan fingerprint density at radius 1 is 1.19 bits per heavy atom. The smallest absolute Gasteiger partial charge is 0.267 e. The fraction of sp³-hybridized carbons (Fsp3) is 0.238. The number of carbonyl (C=O) groups is 1. The van der Waals surface area contributed by atoms with Gasteiger partial charge >= 0.3 is 0 Å². The van der Waals surface area contributed by atoms with Gasteiger partial charge in [0.2, 0.25) is 0 Å². The van der Waals surface area contributed by atoms with Crippen molar-refractivity contribution < 1.29 is 14.3 Å². The van der Waals surface area contributed by atoms with Crippen LogP contribution in [0, 0.1) is 11.3 Å². The molecule has 1 saturated heterocycles. The van der Waals surface area contributed by atoms with E-state index < -0.39 is 18.2 Å². The Morgan fingerprint density at radius 2 is 1.89 bits per heavy atom. The number of carbonyl (C=O) groups excluding carboxylic acids is 1. The average Bonchev–Trinajstić information content (AvgIpc) is 2.94. The Bertz CT molecular complexity index is 830. The number of hydrogen-bond acceptors (Lipinski definition) is 5. The minimum Gasteiger partial charge on any atom is -0.497 e. The van der Waals surface area contributed by atoms with Crippen LogP contribution >= 0.6 is 0 Å². The van der Waals surface area contributed by atoms with Gasteiger partial charge in [-0.25, -0.2) is 0 Å². The van der Waals surface area contributed by atoms with Crippen LogP contribution in [0.5, 0.6) is 11.5 Å². The quantitative estimate of drug-likeness (QED) is 0.766. The fourth-order valence-electron chi connectivity index (χ4n) is 3.11. The van der Waals surface area contributed by atoms with E-state index in [1.165, 1.54) is 4.90 Å². The number of nitrogens with one attached hydrogen (secondary N) is 1. The first-order valence-electron chi connectivity index (χ1n) is 8.61. The number of nitriles is 1. The maximum Gasteiger partial charge on any atom is 0.267 e. The molecule has 0 radical (unpaired) electrons. The Morgan fingerprint density at radius 3 is 2.48 bits per heavy atom. The van der Waals surface area contributed by atoms with E-state index in [1.54, 1.807) is 25.3 Å². The highest BCUT2D eigenvalue weighted by molar-refractivity contribution is 5.87. The van der Waals surface area contributed by atoms with E-state index >= 15 is 0 Å². The summed E-state index contributed by atoms with van der Waals surface area (Å²) >= 11 is 0. The molecular formula is C21H21N3O3. The zero-order chi connectivity index (χ0) is 19.2. The normalized spacial score (nSPS) is 21.4. The molecule has 27 heavy (non-hydrogen) atoms. The van der Waals surface area contributed by atoms with Crippen LogP contribution in [0.15, 0.2) is 67.3 Å². The summed E-state index contributed by atoms with van der Waals surface area (Å²) in [4.78, 5) is 14.4. The van der Waals surface area contributed by atoms with Gasteiger partial charge in [-0.2, -0.15) is 5.26 Å². The summed E-state index contributed by atoms with van der Waals surface area (Å²) < 4.78 is 11.1. The zero-order valence-corrected chi connectivity index (χ0v) is 15.0. The monoisotopic (exact) mass is 363 g/mol. The van der Waals surface area contributed by atoms with Crippen molar-refractivity contribution >= 4 is 11.6 Å². The minimum atomic E-state index is -0.820. The molecule has 1 N–H and O–H groups in total. The van der Waals surface area contributed by atoms with Gasteiger partial charge in [0.05, 0.1) is 13.2 Å². The van der Waals surface area contributed by atoms with Crippen LogP contribution in [-0.2, 0) is 4.79 Å². The maximum absolute atomic E-state index is 12.9. The molecule has 0 aliphatic carbocycles. The Kier molecular flexibility index (Phi) is 5.62.